The van der Waals surface area contributed by atoms with Gasteiger partial charge in [0.05, 0.1) is 14.2 Å². The summed E-state index contributed by atoms with van der Waals surface area (Å²) in [6, 6.07) is 18.1. The van der Waals surface area contributed by atoms with E-state index < -0.39 is 5.97 Å². The molecular formula is C25H24O4. The Bertz CT molecular complexity index is 1080. The van der Waals surface area contributed by atoms with Crippen LogP contribution < -0.4 is 9.47 Å². The van der Waals surface area contributed by atoms with Gasteiger partial charge in [0.2, 0.25) is 0 Å². The molecule has 0 aliphatic rings. The second-order valence-corrected chi connectivity index (χ2v) is 6.84. The molecule has 0 saturated heterocycles. The maximum Gasteiger partial charge on any atom is 0.328 e. The number of aliphatic carboxylic acids is 1. The van der Waals surface area contributed by atoms with Crippen LogP contribution in [0.1, 0.15) is 16.7 Å². The molecule has 4 heteroatoms. The highest BCUT2D eigenvalue weighted by Gasteiger charge is 2.10. The maximum atomic E-state index is 11.0. The van der Waals surface area contributed by atoms with Crippen molar-refractivity contribution in [3.05, 3.63) is 77.4 Å². The van der Waals surface area contributed by atoms with Gasteiger partial charge in [0, 0.05) is 6.08 Å². The fourth-order valence-corrected chi connectivity index (χ4v) is 3.43. The molecule has 148 valence electrons. The van der Waals surface area contributed by atoms with Crippen LogP contribution >= 0.6 is 0 Å². The fourth-order valence-electron chi connectivity index (χ4n) is 3.43. The molecule has 0 spiro atoms. The first-order valence-corrected chi connectivity index (χ1v) is 9.28. The zero-order valence-corrected chi connectivity index (χ0v) is 17.0. The van der Waals surface area contributed by atoms with Gasteiger partial charge >= 0.3 is 5.97 Å². The average molecular weight is 388 g/mol. The summed E-state index contributed by atoms with van der Waals surface area (Å²) in [5.74, 6) is 0.567. The number of hydrogen-bond donors (Lipinski definition) is 1. The van der Waals surface area contributed by atoms with Gasteiger partial charge in [-0.15, -0.1) is 0 Å². The summed E-state index contributed by atoms with van der Waals surface area (Å²) >= 11 is 0. The Hall–Kier alpha value is -3.53. The summed E-state index contributed by atoms with van der Waals surface area (Å²) in [6.45, 7) is 4.11. The van der Waals surface area contributed by atoms with Crippen molar-refractivity contribution in [3.63, 3.8) is 0 Å². The highest BCUT2D eigenvalue weighted by Crippen LogP contribution is 2.34. The van der Waals surface area contributed by atoms with Crippen LogP contribution in [0.5, 0.6) is 11.5 Å². The molecule has 3 aromatic carbocycles. The third-order valence-electron chi connectivity index (χ3n) is 4.91. The van der Waals surface area contributed by atoms with Crippen LogP contribution in [0.2, 0.25) is 0 Å². The van der Waals surface area contributed by atoms with Gasteiger partial charge in [-0.3, -0.25) is 0 Å². The molecule has 4 nitrogen and oxygen atoms in total. The van der Waals surface area contributed by atoms with E-state index in [2.05, 4.69) is 37.3 Å². The van der Waals surface area contributed by atoms with Gasteiger partial charge in [-0.2, -0.15) is 0 Å². The summed E-state index contributed by atoms with van der Waals surface area (Å²) in [5.41, 5.74) is 7.26. The lowest BCUT2D eigenvalue weighted by atomic mass is 9.93. The van der Waals surface area contributed by atoms with E-state index in [-0.39, 0.29) is 0 Å². The Labute approximate surface area is 171 Å². The zero-order valence-electron chi connectivity index (χ0n) is 17.0. The molecule has 0 radical (unpaired) electrons. The van der Waals surface area contributed by atoms with Crippen molar-refractivity contribution in [1.29, 1.82) is 0 Å². The van der Waals surface area contributed by atoms with Crippen LogP contribution in [0, 0.1) is 13.8 Å². The number of benzene rings is 3. The van der Waals surface area contributed by atoms with E-state index in [1.807, 2.05) is 31.2 Å². The predicted molar refractivity (Wildman–Crippen MR) is 117 cm³/mol. The Morgan fingerprint density at radius 2 is 1.48 bits per heavy atom. The van der Waals surface area contributed by atoms with Gasteiger partial charge in [-0.25, -0.2) is 4.79 Å². The van der Waals surface area contributed by atoms with Gasteiger partial charge in [-0.05, 0) is 83.1 Å². The van der Waals surface area contributed by atoms with Crippen LogP contribution in [-0.2, 0) is 4.79 Å². The Morgan fingerprint density at radius 1 is 0.828 bits per heavy atom. The second-order valence-electron chi connectivity index (χ2n) is 6.84. The topological polar surface area (TPSA) is 55.8 Å². The molecule has 0 saturated carbocycles. The van der Waals surface area contributed by atoms with Crippen molar-refractivity contribution < 1.29 is 19.4 Å². The lowest BCUT2D eigenvalue weighted by Gasteiger charge is -2.13. The van der Waals surface area contributed by atoms with Crippen molar-refractivity contribution >= 4 is 12.0 Å². The molecule has 0 heterocycles. The van der Waals surface area contributed by atoms with Crippen LogP contribution in [0.3, 0.4) is 0 Å². The minimum atomic E-state index is -0.986. The van der Waals surface area contributed by atoms with Gasteiger partial charge in [0.15, 0.2) is 0 Å². The lowest BCUT2D eigenvalue weighted by molar-refractivity contribution is -0.131. The van der Waals surface area contributed by atoms with Crippen molar-refractivity contribution in [2.45, 2.75) is 13.8 Å². The summed E-state index contributed by atoms with van der Waals surface area (Å²) in [5, 5.41) is 9.00. The first-order valence-electron chi connectivity index (χ1n) is 9.28. The average Bonchev–Trinajstić information content (AvgIpc) is 2.71. The zero-order chi connectivity index (χ0) is 21.0. The third-order valence-corrected chi connectivity index (χ3v) is 4.91. The number of carboxylic acid groups (broad SMARTS) is 1. The standard InChI is InChI=1S/C25H24O4/c1-16-13-19(5-9-22(16)18-6-11-24(29-4)17(2)14-18)23-10-8-21(28-3)15-20(23)7-12-25(26)27/h5-15H,1-4H3,(H,26,27)/b12-7+. The van der Waals surface area contributed by atoms with E-state index in [4.69, 9.17) is 14.6 Å². The molecule has 3 rings (SSSR count). The lowest BCUT2D eigenvalue weighted by Crippen LogP contribution is -1.92. The molecule has 0 fully saturated rings. The van der Waals surface area contributed by atoms with Crippen molar-refractivity contribution in [2.24, 2.45) is 0 Å². The monoisotopic (exact) mass is 388 g/mol. The summed E-state index contributed by atoms with van der Waals surface area (Å²) < 4.78 is 10.6. The van der Waals surface area contributed by atoms with Crippen LogP contribution in [-0.4, -0.2) is 25.3 Å². The number of aryl methyl sites for hydroxylation is 2. The molecule has 1 N–H and O–H groups in total. The summed E-state index contributed by atoms with van der Waals surface area (Å²) in [6.07, 6.45) is 2.73. The number of ether oxygens (including phenoxy) is 2. The van der Waals surface area contributed by atoms with E-state index in [0.29, 0.717) is 5.75 Å². The molecule has 0 atom stereocenters. The third kappa shape index (κ3) is 4.49. The van der Waals surface area contributed by atoms with Crippen molar-refractivity contribution in [1.82, 2.24) is 0 Å². The number of rotatable bonds is 6. The van der Waals surface area contributed by atoms with E-state index >= 15 is 0 Å². The van der Waals surface area contributed by atoms with E-state index in [1.165, 1.54) is 0 Å². The minimum Gasteiger partial charge on any atom is -0.497 e. The first-order chi connectivity index (χ1) is 13.9. The van der Waals surface area contributed by atoms with Gasteiger partial charge in [0.1, 0.15) is 11.5 Å². The highest BCUT2D eigenvalue weighted by molar-refractivity contribution is 5.88. The Balaban J connectivity index is 2.04. The maximum absolute atomic E-state index is 11.0. The molecule has 0 amide bonds. The SMILES string of the molecule is COc1ccc(-c2ccc(-c3ccc(OC)c(C)c3)c(C)c2)c(/C=C/C(=O)O)c1. The van der Waals surface area contributed by atoms with E-state index in [0.717, 1.165) is 50.8 Å². The summed E-state index contributed by atoms with van der Waals surface area (Å²) in [4.78, 5) is 11.0. The van der Waals surface area contributed by atoms with Gasteiger partial charge < -0.3 is 14.6 Å². The number of hydrogen-bond acceptors (Lipinski definition) is 3. The van der Waals surface area contributed by atoms with Crippen molar-refractivity contribution in [3.8, 4) is 33.8 Å². The molecule has 0 bridgehead atoms. The molecule has 0 aromatic heterocycles. The molecule has 29 heavy (non-hydrogen) atoms. The summed E-state index contributed by atoms with van der Waals surface area (Å²) in [7, 11) is 3.27. The van der Waals surface area contributed by atoms with Crippen molar-refractivity contribution in [2.75, 3.05) is 14.2 Å². The molecular weight excluding hydrogens is 364 g/mol. The molecule has 0 aliphatic heterocycles. The van der Waals surface area contributed by atoms with Crippen LogP contribution in [0.15, 0.2) is 60.7 Å². The van der Waals surface area contributed by atoms with E-state index in [9.17, 15) is 4.79 Å². The second kappa shape index (κ2) is 8.65. The quantitative estimate of drug-likeness (QED) is 0.546. The van der Waals surface area contributed by atoms with Crippen LogP contribution in [0.25, 0.3) is 28.3 Å². The first kappa shape index (κ1) is 20.2. The molecule has 3 aromatic rings. The van der Waals surface area contributed by atoms with E-state index in [1.54, 1.807) is 20.3 Å². The number of methoxy groups -OCH3 is 2. The molecule has 0 unspecified atom stereocenters. The fraction of sp³-hybridized carbons (Fsp3) is 0.160. The molecule has 0 aliphatic carbocycles. The minimum absolute atomic E-state index is 0.681. The number of carbonyl (C=O) groups is 1. The Morgan fingerprint density at radius 3 is 2.10 bits per heavy atom. The van der Waals surface area contributed by atoms with Crippen LogP contribution in [0.4, 0.5) is 0 Å². The van der Waals surface area contributed by atoms with Gasteiger partial charge in [0.25, 0.3) is 0 Å². The smallest absolute Gasteiger partial charge is 0.328 e. The highest BCUT2D eigenvalue weighted by atomic mass is 16.5. The van der Waals surface area contributed by atoms with Gasteiger partial charge in [-0.1, -0.05) is 30.3 Å². The predicted octanol–water partition coefficient (Wildman–Crippen LogP) is 5.75. The Kier molecular flexibility index (Phi) is 6.03. The normalized spacial score (nSPS) is 10.9. The number of carboxylic acids is 1. The largest absolute Gasteiger partial charge is 0.497 e.